The van der Waals surface area contributed by atoms with E-state index in [0.717, 1.165) is 48.1 Å². The number of carbonyl (C=O) groups excluding carboxylic acids is 2. The van der Waals surface area contributed by atoms with Crippen molar-refractivity contribution in [1.82, 2.24) is 14.9 Å². The number of H-pyrrole nitrogens is 1. The van der Waals surface area contributed by atoms with Gasteiger partial charge in [0.25, 0.3) is 0 Å². The highest BCUT2D eigenvalue weighted by atomic mass is 16.2. The fourth-order valence-electron chi connectivity index (χ4n) is 3.36. The second kappa shape index (κ2) is 5.78. The maximum atomic E-state index is 12.5. The summed E-state index contributed by atoms with van der Waals surface area (Å²) >= 11 is 0. The molecule has 1 atom stereocenters. The van der Waals surface area contributed by atoms with Crippen LogP contribution in [-0.4, -0.2) is 45.7 Å². The zero-order valence-corrected chi connectivity index (χ0v) is 13.4. The molecule has 24 heavy (non-hydrogen) atoms. The van der Waals surface area contributed by atoms with Gasteiger partial charge in [-0.15, -0.1) is 0 Å². The first-order chi connectivity index (χ1) is 11.7. The van der Waals surface area contributed by atoms with E-state index in [1.807, 2.05) is 6.07 Å². The summed E-state index contributed by atoms with van der Waals surface area (Å²) in [4.78, 5) is 33.5. The minimum absolute atomic E-state index is 0.0366. The molecule has 1 aliphatic carbocycles. The summed E-state index contributed by atoms with van der Waals surface area (Å²) in [6.45, 7) is 4.90. The molecule has 2 N–H and O–H groups in total. The molecule has 1 saturated carbocycles. The van der Waals surface area contributed by atoms with Crippen LogP contribution in [0.4, 0.5) is 5.69 Å². The van der Waals surface area contributed by atoms with Crippen LogP contribution >= 0.6 is 0 Å². The molecule has 1 amide bonds. The average Bonchev–Trinajstić information content (AvgIpc) is 3.19. The summed E-state index contributed by atoms with van der Waals surface area (Å²) in [5.41, 5.74) is 2.35. The Hall–Kier alpha value is -2.63. The van der Waals surface area contributed by atoms with Crippen molar-refractivity contribution in [3.63, 3.8) is 0 Å². The van der Waals surface area contributed by atoms with Crippen LogP contribution in [0.15, 0.2) is 31.1 Å². The monoisotopic (exact) mass is 324 g/mol. The molecule has 2 aromatic heterocycles. The minimum Gasteiger partial charge on any atom is -0.380 e. The number of amides is 1. The number of rotatable bonds is 5. The second-order valence-corrected chi connectivity index (χ2v) is 6.54. The lowest BCUT2D eigenvalue weighted by atomic mass is 10.1. The Morgan fingerprint density at radius 1 is 1.38 bits per heavy atom. The standard InChI is InChI=1S/C18H20N4O2/c1-2-15(23)22-8-6-12(10-22)21-14-5-7-19-18-16(14)13(9-20-18)17(24)11-3-4-11/h2,5,7,9,11-12H,1,3-4,6,8,10H2,(H2,19,20,21). The molecule has 3 heterocycles. The number of hydrogen-bond donors (Lipinski definition) is 2. The average molecular weight is 324 g/mol. The maximum absolute atomic E-state index is 12.5. The molecule has 2 aliphatic rings. The maximum Gasteiger partial charge on any atom is 0.246 e. The molecule has 1 saturated heterocycles. The summed E-state index contributed by atoms with van der Waals surface area (Å²) in [5, 5.41) is 4.36. The van der Waals surface area contributed by atoms with Crippen molar-refractivity contribution in [1.29, 1.82) is 0 Å². The van der Waals surface area contributed by atoms with Gasteiger partial charge >= 0.3 is 0 Å². The molecule has 1 unspecified atom stereocenters. The van der Waals surface area contributed by atoms with Gasteiger partial charge in [-0.25, -0.2) is 4.98 Å². The highest BCUT2D eigenvalue weighted by molar-refractivity contribution is 6.12. The van der Waals surface area contributed by atoms with E-state index in [9.17, 15) is 9.59 Å². The number of pyridine rings is 1. The van der Waals surface area contributed by atoms with E-state index in [1.54, 1.807) is 17.3 Å². The predicted octanol–water partition coefficient (Wildman–Crippen LogP) is 2.35. The fraction of sp³-hybridized carbons (Fsp3) is 0.389. The third-order valence-electron chi connectivity index (χ3n) is 4.82. The Balaban J connectivity index is 1.60. The van der Waals surface area contributed by atoms with Crippen molar-refractivity contribution in [3.8, 4) is 0 Å². The van der Waals surface area contributed by atoms with Crippen LogP contribution in [0.25, 0.3) is 11.0 Å². The molecule has 124 valence electrons. The van der Waals surface area contributed by atoms with Crippen LogP contribution in [0.2, 0.25) is 0 Å². The number of hydrogen-bond acceptors (Lipinski definition) is 4. The zero-order valence-electron chi connectivity index (χ0n) is 13.4. The van der Waals surface area contributed by atoms with Crippen LogP contribution < -0.4 is 5.32 Å². The molecule has 0 bridgehead atoms. The van der Waals surface area contributed by atoms with Gasteiger partial charge in [0.2, 0.25) is 5.91 Å². The fourth-order valence-corrected chi connectivity index (χ4v) is 3.36. The lowest BCUT2D eigenvalue weighted by molar-refractivity contribution is -0.125. The summed E-state index contributed by atoms with van der Waals surface area (Å²) < 4.78 is 0. The molecule has 0 aromatic carbocycles. The van der Waals surface area contributed by atoms with Gasteiger partial charge in [-0.2, -0.15) is 0 Å². The lowest BCUT2D eigenvalue weighted by Gasteiger charge is -2.17. The predicted molar refractivity (Wildman–Crippen MR) is 92.0 cm³/mol. The summed E-state index contributed by atoms with van der Waals surface area (Å²) in [6.07, 6.45) is 7.69. The number of anilines is 1. The van der Waals surface area contributed by atoms with Gasteiger partial charge in [0.05, 0.1) is 5.39 Å². The number of nitrogens with one attached hydrogen (secondary N) is 2. The van der Waals surface area contributed by atoms with Crippen molar-refractivity contribution in [2.75, 3.05) is 18.4 Å². The van der Waals surface area contributed by atoms with E-state index in [1.165, 1.54) is 6.08 Å². The van der Waals surface area contributed by atoms with Gasteiger partial charge in [-0.3, -0.25) is 9.59 Å². The van der Waals surface area contributed by atoms with E-state index < -0.39 is 0 Å². The molecule has 0 radical (unpaired) electrons. The van der Waals surface area contributed by atoms with Crippen molar-refractivity contribution in [2.24, 2.45) is 5.92 Å². The van der Waals surface area contributed by atoms with Crippen molar-refractivity contribution >= 4 is 28.4 Å². The van der Waals surface area contributed by atoms with Crippen molar-refractivity contribution in [2.45, 2.75) is 25.3 Å². The van der Waals surface area contributed by atoms with Gasteiger partial charge < -0.3 is 15.2 Å². The first-order valence-corrected chi connectivity index (χ1v) is 8.35. The quantitative estimate of drug-likeness (QED) is 0.654. The number of carbonyl (C=O) groups is 2. The van der Waals surface area contributed by atoms with Gasteiger partial charge in [-0.05, 0) is 31.4 Å². The van der Waals surface area contributed by atoms with Gasteiger partial charge in [0, 0.05) is 48.7 Å². The summed E-state index contributed by atoms with van der Waals surface area (Å²) in [7, 11) is 0. The van der Waals surface area contributed by atoms with Crippen LogP contribution in [0.5, 0.6) is 0 Å². The van der Waals surface area contributed by atoms with E-state index in [4.69, 9.17) is 0 Å². The van der Waals surface area contributed by atoms with Gasteiger partial charge in [0.1, 0.15) is 5.65 Å². The SMILES string of the molecule is C=CC(=O)N1CCC(Nc2ccnc3[nH]cc(C(=O)C4CC4)c23)C1. The zero-order chi connectivity index (χ0) is 16.7. The number of aromatic amines is 1. The van der Waals surface area contributed by atoms with E-state index in [2.05, 4.69) is 21.9 Å². The summed E-state index contributed by atoms with van der Waals surface area (Å²) in [5.74, 6) is 0.335. The first kappa shape index (κ1) is 14.9. The highest BCUT2D eigenvalue weighted by Crippen LogP contribution is 2.36. The number of nitrogens with zero attached hydrogens (tertiary/aromatic N) is 2. The largest absolute Gasteiger partial charge is 0.380 e. The first-order valence-electron chi connectivity index (χ1n) is 8.35. The topological polar surface area (TPSA) is 78.1 Å². The molecule has 1 aliphatic heterocycles. The number of Topliss-reactive ketones (excluding diaryl/α,β-unsaturated/α-hetero) is 1. The molecule has 2 fully saturated rings. The molecule has 2 aromatic rings. The van der Waals surface area contributed by atoms with Crippen LogP contribution in [0, 0.1) is 5.92 Å². The third-order valence-corrected chi connectivity index (χ3v) is 4.82. The highest BCUT2D eigenvalue weighted by Gasteiger charge is 2.33. The Morgan fingerprint density at radius 3 is 2.96 bits per heavy atom. The normalized spacial score (nSPS) is 20.3. The van der Waals surface area contributed by atoms with Gasteiger partial charge in [-0.1, -0.05) is 6.58 Å². The van der Waals surface area contributed by atoms with E-state index >= 15 is 0 Å². The van der Waals surface area contributed by atoms with Crippen LogP contribution in [-0.2, 0) is 4.79 Å². The third kappa shape index (κ3) is 2.58. The van der Waals surface area contributed by atoms with Crippen LogP contribution in [0.1, 0.15) is 29.6 Å². The van der Waals surface area contributed by atoms with E-state index in [-0.39, 0.29) is 23.7 Å². The molecule has 6 heteroatoms. The molecule has 4 rings (SSSR count). The minimum atomic E-state index is -0.0366. The molecule has 6 nitrogen and oxygen atoms in total. The smallest absolute Gasteiger partial charge is 0.246 e. The Morgan fingerprint density at radius 2 is 2.21 bits per heavy atom. The molecule has 0 spiro atoms. The number of ketones is 1. The molecular formula is C18H20N4O2. The second-order valence-electron chi connectivity index (χ2n) is 6.54. The van der Waals surface area contributed by atoms with Crippen molar-refractivity contribution in [3.05, 3.63) is 36.7 Å². The number of fused-ring (bicyclic) bond motifs is 1. The van der Waals surface area contributed by atoms with E-state index in [0.29, 0.717) is 6.54 Å². The van der Waals surface area contributed by atoms with Gasteiger partial charge in [0.15, 0.2) is 5.78 Å². The number of aromatic nitrogens is 2. The summed E-state index contributed by atoms with van der Waals surface area (Å²) in [6, 6.07) is 2.07. The number of likely N-dealkylation sites (tertiary alicyclic amines) is 1. The van der Waals surface area contributed by atoms with Crippen LogP contribution in [0.3, 0.4) is 0 Å². The Labute approximate surface area is 139 Å². The Kier molecular flexibility index (Phi) is 3.59. The van der Waals surface area contributed by atoms with Crippen molar-refractivity contribution < 1.29 is 9.59 Å². The lowest BCUT2D eigenvalue weighted by Crippen LogP contribution is -2.30. The Bertz CT molecular complexity index is 822. The molecular weight excluding hydrogens is 304 g/mol.